The third-order valence-electron chi connectivity index (χ3n) is 3.27. The maximum Gasteiger partial charge on any atom is 0.275 e. The summed E-state index contributed by atoms with van der Waals surface area (Å²) in [5.41, 5.74) is 3.51. The van der Waals surface area contributed by atoms with Gasteiger partial charge in [0.2, 0.25) is 0 Å². The highest BCUT2D eigenvalue weighted by Crippen LogP contribution is 2.35. The second-order valence-corrected chi connectivity index (χ2v) is 5.27. The van der Waals surface area contributed by atoms with Gasteiger partial charge in [-0.25, -0.2) is 5.43 Å². The molecule has 0 radical (unpaired) electrons. The number of carbonyl (C=O) groups excluding carboxylic acids is 1. The highest BCUT2D eigenvalue weighted by molar-refractivity contribution is 6.32. The number of hydrogen-bond acceptors (Lipinski definition) is 5. The molecule has 2 rings (SSSR count). The van der Waals surface area contributed by atoms with Gasteiger partial charge in [0.15, 0.2) is 11.5 Å². The standard InChI is InChI=1S/C18H19ClN2O4/c1-4-25-17-14(19)9-12(10-16(17)24-3)11-20-21-18(22)13-7-5-6-8-15(13)23-2/h5-11H,4H2,1-3H3,(H,21,22)/b20-11+. The minimum atomic E-state index is -0.377. The minimum absolute atomic E-state index is 0.377. The van der Waals surface area contributed by atoms with Crippen LogP contribution in [0.2, 0.25) is 5.02 Å². The highest BCUT2D eigenvalue weighted by atomic mass is 35.5. The van der Waals surface area contributed by atoms with Crippen molar-refractivity contribution in [2.75, 3.05) is 20.8 Å². The molecular weight excluding hydrogens is 344 g/mol. The molecule has 25 heavy (non-hydrogen) atoms. The van der Waals surface area contributed by atoms with Gasteiger partial charge in [0, 0.05) is 0 Å². The number of rotatable bonds is 7. The maximum absolute atomic E-state index is 12.2. The van der Waals surface area contributed by atoms with Gasteiger partial charge >= 0.3 is 0 Å². The molecule has 0 aromatic heterocycles. The molecule has 132 valence electrons. The van der Waals surface area contributed by atoms with E-state index in [9.17, 15) is 4.79 Å². The van der Waals surface area contributed by atoms with E-state index in [0.29, 0.717) is 40.0 Å². The summed E-state index contributed by atoms with van der Waals surface area (Å²) in [6.45, 7) is 2.33. The largest absolute Gasteiger partial charge is 0.496 e. The first-order valence-corrected chi connectivity index (χ1v) is 7.95. The molecule has 0 heterocycles. The Balaban J connectivity index is 2.14. The normalized spacial score (nSPS) is 10.6. The Hall–Kier alpha value is -2.73. The third kappa shape index (κ3) is 4.64. The maximum atomic E-state index is 12.2. The van der Waals surface area contributed by atoms with Gasteiger partial charge in [-0.05, 0) is 36.8 Å². The van der Waals surface area contributed by atoms with Crippen LogP contribution in [0.4, 0.5) is 0 Å². The Kier molecular flexibility index (Phi) is 6.65. The molecule has 7 heteroatoms. The molecule has 0 fully saturated rings. The van der Waals surface area contributed by atoms with Gasteiger partial charge in [-0.2, -0.15) is 5.10 Å². The Morgan fingerprint density at radius 3 is 2.60 bits per heavy atom. The summed E-state index contributed by atoms with van der Waals surface area (Å²) >= 11 is 6.20. The Bertz CT molecular complexity index is 778. The molecule has 2 aromatic carbocycles. The van der Waals surface area contributed by atoms with Crippen LogP contribution in [0, 0.1) is 0 Å². The fourth-order valence-electron chi connectivity index (χ4n) is 2.16. The van der Waals surface area contributed by atoms with Crippen LogP contribution in [0.15, 0.2) is 41.5 Å². The van der Waals surface area contributed by atoms with Crippen molar-refractivity contribution < 1.29 is 19.0 Å². The average Bonchev–Trinajstić information content (AvgIpc) is 2.63. The second kappa shape index (κ2) is 8.94. The number of halogens is 1. The second-order valence-electron chi connectivity index (χ2n) is 4.87. The van der Waals surface area contributed by atoms with E-state index in [1.165, 1.54) is 20.4 Å². The van der Waals surface area contributed by atoms with Crippen molar-refractivity contribution in [3.05, 3.63) is 52.5 Å². The van der Waals surface area contributed by atoms with Crippen LogP contribution in [0.25, 0.3) is 0 Å². The van der Waals surface area contributed by atoms with Crippen molar-refractivity contribution in [2.45, 2.75) is 6.92 Å². The summed E-state index contributed by atoms with van der Waals surface area (Å²) in [5.74, 6) is 1.06. The molecular formula is C18H19ClN2O4. The summed E-state index contributed by atoms with van der Waals surface area (Å²) < 4.78 is 15.9. The van der Waals surface area contributed by atoms with Crippen LogP contribution in [0.1, 0.15) is 22.8 Å². The van der Waals surface area contributed by atoms with Crippen molar-refractivity contribution in [1.29, 1.82) is 0 Å². The number of amides is 1. The molecule has 0 atom stereocenters. The summed E-state index contributed by atoms with van der Waals surface area (Å²) in [7, 11) is 3.03. The zero-order valence-corrected chi connectivity index (χ0v) is 15.0. The van der Waals surface area contributed by atoms with E-state index in [1.54, 1.807) is 36.4 Å². The lowest BCUT2D eigenvalue weighted by atomic mass is 10.2. The molecule has 0 aliphatic carbocycles. The topological polar surface area (TPSA) is 69.2 Å². The minimum Gasteiger partial charge on any atom is -0.496 e. The van der Waals surface area contributed by atoms with Crippen molar-refractivity contribution in [2.24, 2.45) is 5.10 Å². The quantitative estimate of drug-likeness (QED) is 0.604. The molecule has 2 aromatic rings. The fraction of sp³-hybridized carbons (Fsp3) is 0.222. The lowest BCUT2D eigenvalue weighted by molar-refractivity contribution is 0.0952. The molecule has 0 aliphatic rings. The van der Waals surface area contributed by atoms with Crippen molar-refractivity contribution >= 4 is 23.7 Å². The first-order chi connectivity index (χ1) is 12.1. The summed E-state index contributed by atoms with van der Waals surface area (Å²) in [6.07, 6.45) is 1.47. The zero-order chi connectivity index (χ0) is 18.2. The Labute approximate surface area is 151 Å². The molecule has 0 saturated heterocycles. The van der Waals surface area contributed by atoms with Crippen LogP contribution >= 0.6 is 11.6 Å². The zero-order valence-electron chi connectivity index (χ0n) is 14.2. The third-order valence-corrected chi connectivity index (χ3v) is 3.55. The molecule has 1 amide bonds. The van der Waals surface area contributed by atoms with Crippen LogP contribution < -0.4 is 19.6 Å². The number of benzene rings is 2. The lowest BCUT2D eigenvalue weighted by Crippen LogP contribution is -2.18. The van der Waals surface area contributed by atoms with Gasteiger partial charge < -0.3 is 14.2 Å². The van der Waals surface area contributed by atoms with Crippen molar-refractivity contribution in [3.63, 3.8) is 0 Å². The molecule has 0 saturated carbocycles. The van der Waals surface area contributed by atoms with E-state index >= 15 is 0 Å². The predicted molar refractivity (Wildman–Crippen MR) is 97.2 cm³/mol. The van der Waals surface area contributed by atoms with E-state index in [1.807, 2.05) is 6.92 Å². The summed E-state index contributed by atoms with van der Waals surface area (Å²) in [4.78, 5) is 12.2. The number of hydrazone groups is 1. The van der Waals surface area contributed by atoms with Gasteiger partial charge in [-0.1, -0.05) is 23.7 Å². The fourth-order valence-corrected chi connectivity index (χ4v) is 2.43. The number of nitrogens with zero attached hydrogens (tertiary/aromatic N) is 1. The van der Waals surface area contributed by atoms with Gasteiger partial charge in [-0.3, -0.25) is 4.79 Å². The number of ether oxygens (including phenoxy) is 3. The monoisotopic (exact) mass is 362 g/mol. The molecule has 0 spiro atoms. The number of methoxy groups -OCH3 is 2. The van der Waals surface area contributed by atoms with Crippen LogP contribution in [0.5, 0.6) is 17.2 Å². The Morgan fingerprint density at radius 1 is 1.20 bits per heavy atom. The van der Waals surface area contributed by atoms with Gasteiger partial charge in [0.05, 0.1) is 37.6 Å². The summed E-state index contributed by atoms with van der Waals surface area (Å²) in [6, 6.07) is 10.3. The lowest BCUT2D eigenvalue weighted by Gasteiger charge is -2.11. The highest BCUT2D eigenvalue weighted by Gasteiger charge is 2.12. The van der Waals surface area contributed by atoms with Crippen molar-refractivity contribution in [3.8, 4) is 17.2 Å². The number of nitrogens with one attached hydrogen (secondary N) is 1. The molecule has 1 N–H and O–H groups in total. The van der Waals surface area contributed by atoms with Crippen molar-refractivity contribution in [1.82, 2.24) is 5.43 Å². The average molecular weight is 363 g/mol. The number of para-hydroxylation sites is 1. The van der Waals surface area contributed by atoms with E-state index in [-0.39, 0.29) is 5.91 Å². The van der Waals surface area contributed by atoms with E-state index in [2.05, 4.69) is 10.5 Å². The van der Waals surface area contributed by atoms with E-state index < -0.39 is 0 Å². The first-order valence-electron chi connectivity index (χ1n) is 7.57. The molecule has 0 bridgehead atoms. The van der Waals surface area contributed by atoms with E-state index in [4.69, 9.17) is 25.8 Å². The molecule has 6 nitrogen and oxygen atoms in total. The molecule has 0 unspecified atom stereocenters. The Morgan fingerprint density at radius 2 is 1.92 bits per heavy atom. The van der Waals surface area contributed by atoms with Gasteiger partial charge in [-0.15, -0.1) is 0 Å². The van der Waals surface area contributed by atoms with E-state index in [0.717, 1.165) is 0 Å². The SMILES string of the molecule is CCOc1c(Cl)cc(/C=N/NC(=O)c2ccccc2OC)cc1OC. The predicted octanol–water partition coefficient (Wildman–Crippen LogP) is 3.52. The smallest absolute Gasteiger partial charge is 0.275 e. The van der Waals surface area contributed by atoms with Crippen LogP contribution in [0.3, 0.4) is 0 Å². The number of carbonyl (C=O) groups is 1. The van der Waals surface area contributed by atoms with Crippen LogP contribution in [-0.2, 0) is 0 Å². The summed E-state index contributed by atoms with van der Waals surface area (Å²) in [5, 5.41) is 4.35. The van der Waals surface area contributed by atoms with Gasteiger partial charge in [0.25, 0.3) is 5.91 Å². The first kappa shape index (κ1) is 18.6. The van der Waals surface area contributed by atoms with Gasteiger partial charge in [0.1, 0.15) is 5.75 Å². The van der Waals surface area contributed by atoms with Crippen LogP contribution in [-0.4, -0.2) is 32.9 Å². The molecule has 0 aliphatic heterocycles. The number of hydrogen-bond donors (Lipinski definition) is 1.